The number of carbonyl (C=O) groups excluding carboxylic acids is 2. The Kier molecular flexibility index (Phi) is 12.2. The number of hydrogen-bond acceptors (Lipinski definition) is 12. The normalized spacial score (nSPS) is 21.2. The van der Waals surface area contributed by atoms with Gasteiger partial charge in [-0.05, 0) is 55.2 Å². The van der Waals surface area contributed by atoms with Crippen molar-refractivity contribution in [2.24, 2.45) is 17.2 Å². The molecule has 2 saturated heterocycles. The highest BCUT2D eigenvalue weighted by Crippen LogP contribution is 2.36. The van der Waals surface area contributed by atoms with Crippen LogP contribution in [0.3, 0.4) is 0 Å². The smallest absolute Gasteiger partial charge is 0.421 e. The van der Waals surface area contributed by atoms with Crippen LogP contribution in [0.15, 0.2) is 53.4 Å². The van der Waals surface area contributed by atoms with Crippen molar-refractivity contribution in [3.8, 4) is 11.5 Å². The van der Waals surface area contributed by atoms with Gasteiger partial charge in [0.05, 0.1) is 42.8 Å². The van der Waals surface area contributed by atoms with Gasteiger partial charge in [0.1, 0.15) is 6.10 Å². The van der Waals surface area contributed by atoms with E-state index < -0.39 is 52.2 Å². The molecule has 0 aromatic heterocycles. The number of nitrogens with two attached hydrogens (primary N) is 1. The quantitative estimate of drug-likeness (QED) is 0.0864. The number of nitrogens with one attached hydrogen (secondary N) is 2. The molecular formula is C33H46N4O11S. The van der Waals surface area contributed by atoms with E-state index in [0.717, 1.165) is 5.56 Å². The average Bonchev–Trinajstić information content (AvgIpc) is 3.83. The molecule has 49 heavy (non-hydrogen) atoms. The summed E-state index contributed by atoms with van der Waals surface area (Å²) in [5, 5.41) is 14.6. The maximum Gasteiger partial charge on any atom is 0.421 e. The van der Waals surface area contributed by atoms with Crippen LogP contribution in [0, 0.1) is 11.3 Å². The van der Waals surface area contributed by atoms with Gasteiger partial charge < -0.3 is 38.8 Å². The number of amides is 2. The summed E-state index contributed by atoms with van der Waals surface area (Å²) in [5.74, 6) is 5.72. The number of nitrogens with zero attached hydrogens (tertiary/aromatic N) is 1. The third kappa shape index (κ3) is 9.73. The number of sulfonamides is 1. The summed E-state index contributed by atoms with van der Waals surface area (Å²) in [7, 11) is -4.19. The monoisotopic (exact) mass is 706 g/mol. The summed E-state index contributed by atoms with van der Waals surface area (Å²) in [6.45, 7) is 4.42. The molecule has 5 atom stereocenters. The van der Waals surface area contributed by atoms with E-state index in [1.54, 1.807) is 0 Å². The van der Waals surface area contributed by atoms with Crippen LogP contribution >= 0.6 is 0 Å². The molecule has 2 aromatic carbocycles. The van der Waals surface area contributed by atoms with Gasteiger partial charge in [-0.1, -0.05) is 44.2 Å². The van der Waals surface area contributed by atoms with Crippen LogP contribution < -0.4 is 26.1 Å². The summed E-state index contributed by atoms with van der Waals surface area (Å²) in [6.07, 6.45) is -1.04. The number of carbonyl (C=O) groups is 2. The molecule has 3 aliphatic rings. The molecule has 3 aliphatic heterocycles. The second-order valence-electron chi connectivity index (χ2n) is 13.2. The van der Waals surface area contributed by atoms with Gasteiger partial charge in [0.15, 0.2) is 17.8 Å². The zero-order valence-electron chi connectivity index (χ0n) is 27.7. The van der Waals surface area contributed by atoms with E-state index >= 15 is 0 Å². The van der Waals surface area contributed by atoms with Gasteiger partial charge in [0.2, 0.25) is 16.8 Å². The molecule has 2 aromatic rings. The van der Waals surface area contributed by atoms with Gasteiger partial charge in [-0.25, -0.2) is 23.8 Å². The average molecular weight is 707 g/mol. The highest BCUT2D eigenvalue weighted by molar-refractivity contribution is 7.89. The number of aliphatic hydroxyl groups excluding tert-OH is 1. The summed E-state index contributed by atoms with van der Waals surface area (Å²) in [6, 6.07) is 12.8. The number of benzene rings is 2. The van der Waals surface area contributed by atoms with Crippen molar-refractivity contribution >= 4 is 22.2 Å². The van der Waals surface area contributed by atoms with E-state index in [4.69, 9.17) is 34.3 Å². The molecule has 2 amide bonds. The number of alkyl carbamates (subject to hydrolysis) is 1. The van der Waals surface area contributed by atoms with Crippen molar-refractivity contribution in [3.05, 3.63) is 54.1 Å². The van der Waals surface area contributed by atoms with Crippen LogP contribution in [-0.2, 0) is 35.4 Å². The molecule has 5 N–H and O–H groups in total. The van der Waals surface area contributed by atoms with Crippen LogP contribution in [0.5, 0.6) is 11.5 Å². The number of unbranched alkanes of at least 4 members (excludes halogenated alkanes) is 1. The molecule has 0 bridgehead atoms. The van der Waals surface area contributed by atoms with Gasteiger partial charge >= 0.3 is 12.2 Å². The molecule has 15 nitrogen and oxygen atoms in total. The number of hydrogen-bond donors (Lipinski definition) is 4. The third-order valence-corrected chi connectivity index (χ3v) is 10.7. The Labute approximate surface area is 286 Å². The van der Waals surface area contributed by atoms with Crippen LogP contribution in [0.4, 0.5) is 9.59 Å². The lowest BCUT2D eigenvalue weighted by atomic mass is 9.87. The summed E-state index contributed by atoms with van der Waals surface area (Å²) < 4.78 is 62.4. The summed E-state index contributed by atoms with van der Waals surface area (Å²) in [4.78, 5) is 24.5. The molecule has 270 valence electrons. The molecule has 0 spiro atoms. The fourth-order valence-corrected chi connectivity index (χ4v) is 7.92. The highest BCUT2D eigenvalue weighted by Gasteiger charge is 2.44. The lowest BCUT2D eigenvalue weighted by Gasteiger charge is -2.35. The lowest BCUT2D eigenvalue weighted by Crippen LogP contribution is -2.52. The third-order valence-electron chi connectivity index (χ3n) is 8.89. The Balaban J connectivity index is 1.34. The number of rotatable bonds is 16. The predicted molar refractivity (Wildman–Crippen MR) is 175 cm³/mol. The Morgan fingerprint density at radius 3 is 2.63 bits per heavy atom. The van der Waals surface area contributed by atoms with Gasteiger partial charge in [0.25, 0.3) is 0 Å². The SMILES string of the molecule is CC(C)(CCCCOC(=O)NN)CN(C[C@@H](O)[C@H](Cc1ccccc1)NC(=O)O[C@H]1CO[C@H]2OCC[C@H]21)S(=O)(=O)c1ccc2c(c1)OCO2. The minimum atomic E-state index is -4.19. The first-order valence-corrected chi connectivity index (χ1v) is 17.8. The zero-order chi connectivity index (χ0) is 35.0. The summed E-state index contributed by atoms with van der Waals surface area (Å²) >= 11 is 0. The number of ether oxygens (including phenoxy) is 6. The van der Waals surface area contributed by atoms with E-state index in [-0.39, 0.29) is 50.3 Å². The van der Waals surface area contributed by atoms with E-state index in [2.05, 4.69) is 5.32 Å². The first kappa shape index (κ1) is 36.6. The van der Waals surface area contributed by atoms with E-state index in [0.29, 0.717) is 43.8 Å². The molecule has 0 saturated carbocycles. The lowest BCUT2D eigenvalue weighted by molar-refractivity contribution is -0.0907. The van der Waals surface area contributed by atoms with Crippen molar-refractivity contribution in [1.29, 1.82) is 0 Å². The van der Waals surface area contributed by atoms with E-state index in [1.165, 1.54) is 22.5 Å². The van der Waals surface area contributed by atoms with E-state index in [1.807, 2.05) is 49.6 Å². The maximum atomic E-state index is 14.3. The van der Waals surface area contributed by atoms with Gasteiger partial charge in [-0.2, -0.15) is 4.31 Å². The number of fused-ring (bicyclic) bond motifs is 2. The second kappa shape index (κ2) is 16.4. The van der Waals surface area contributed by atoms with Crippen LogP contribution in [0.1, 0.15) is 45.1 Å². The van der Waals surface area contributed by atoms with Gasteiger partial charge in [0, 0.05) is 19.2 Å². The predicted octanol–water partition coefficient (Wildman–Crippen LogP) is 2.66. The molecule has 3 heterocycles. The van der Waals surface area contributed by atoms with Gasteiger partial charge in [-0.15, -0.1) is 0 Å². The van der Waals surface area contributed by atoms with Crippen LogP contribution in [0.2, 0.25) is 0 Å². The summed E-state index contributed by atoms with van der Waals surface area (Å²) in [5.41, 5.74) is 2.17. The standard InChI is InChI=1S/C33H46N4O11S/c1-33(2,13-6-7-14-44-32(40)36-34)20-37(49(41,42)23-10-11-27-28(17-23)47-21-46-27)18-26(38)25(16-22-8-4-3-5-9-22)35-31(39)48-29-19-45-30-24(29)12-15-43-30/h3-5,8-11,17,24-26,29-30,38H,6-7,12-16,18-21,34H2,1-2H3,(H,35,39)(H,36,40)/t24-,25-,26+,29-,30+/m0/s1. The fraction of sp³-hybridized carbons (Fsp3) is 0.576. The molecular weight excluding hydrogens is 660 g/mol. The molecule has 2 fully saturated rings. The number of aliphatic hydroxyl groups is 1. The number of hydrazine groups is 1. The Hall–Kier alpha value is -3.67. The van der Waals surface area contributed by atoms with Crippen molar-refractivity contribution in [2.45, 2.75) is 75.4 Å². The van der Waals surface area contributed by atoms with Crippen molar-refractivity contribution < 1.29 is 51.5 Å². The van der Waals surface area contributed by atoms with E-state index in [9.17, 15) is 23.1 Å². The Morgan fingerprint density at radius 2 is 1.86 bits per heavy atom. The minimum Gasteiger partial charge on any atom is -0.454 e. The molecule has 16 heteroatoms. The Morgan fingerprint density at radius 1 is 1.08 bits per heavy atom. The van der Waals surface area contributed by atoms with Crippen molar-refractivity contribution in [1.82, 2.24) is 15.0 Å². The van der Waals surface area contributed by atoms with Crippen LogP contribution in [0.25, 0.3) is 0 Å². The second-order valence-corrected chi connectivity index (χ2v) is 15.1. The first-order chi connectivity index (χ1) is 23.4. The minimum absolute atomic E-state index is 0.0186. The largest absolute Gasteiger partial charge is 0.454 e. The Bertz CT molecular complexity index is 1530. The molecule has 0 aliphatic carbocycles. The topological polar surface area (TPSA) is 197 Å². The molecule has 5 rings (SSSR count). The first-order valence-electron chi connectivity index (χ1n) is 16.4. The zero-order valence-corrected chi connectivity index (χ0v) is 28.6. The fourth-order valence-electron chi connectivity index (χ4n) is 6.26. The molecule has 0 radical (unpaired) electrons. The van der Waals surface area contributed by atoms with Crippen LogP contribution in [-0.4, -0.2) is 94.3 Å². The molecule has 0 unspecified atom stereocenters. The maximum absolute atomic E-state index is 14.3. The van der Waals surface area contributed by atoms with Gasteiger partial charge in [-0.3, -0.25) is 5.43 Å². The highest BCUT2D eigenvalue weighted by atomic mass is 32.2. The van der Waals surface area contributed by atoms with Crippen molar-refractivity contribution in [3.63, 3.8) is 0 Å². The van der Waals surface area contributed by atoms with Crippen molar-refractivity contribution in [2.75, 3.05) is 39.7 Å².